The highest BCUT2D eigenvalue weighted by atomic mass is 16.5. The highest BCUT2D eigenvalue weighted by Crippen LogP contribution is 2.55. The number of likely N-dealkylation sites (tertiary alicyclic amines) is 1. The Morgan fingerprint density at radius 3 is 2.39 bits per heavy atom. The van der Waals surface area contributed by atoms with Crippen molar-refractivity contribution in [2.24, 2.45) is 5.41 Å². The van der Waals surface area contributed by atoms with Crippen LogP contribution in [0.25, 0.3) is 0 Å². The standard InChI is InChI=1S/C23H24N2O3/c1-2-20(26)24-19-10-8-18(9-11-19)22(27)25-16-23(12-14-28-15-13-23)21(25)17-6-4-3-5-7-17/h2-11,21H,1,12-16H2,(H,24,26). The smallest absolute Gasteiger partial charge is 0.254 e. The van der Waals surface area contributed by atoms with Crippen molar-refractivity contribution in [3.05, 3.63) is 78.4 Å². The number of rotatable bonds is 4. The van der Waals surface area contributed by atoms with Crippen molar-refractivity contribution in [1.82, 2.24) is 4.90 Å². The third-order valence-corrected chi connectivity index (χ3v) is 5.83. The molecule has 0 bridgehead atoms. The van der Waals surface area contributed by atoms with Crippen LogP contribution in [0.1, 0.15) is 34.8 Å². The molecule has 0 aliphatic carbocycles. The second kappa shape index (κ2) is 7.60. The Morgan fingerprint density at radius 1 is 1.07 bits per heavy atom. The second-order valence-corrected chi connectivity index (χ2v) is 7.49. The van der Waals surface area contributed by atoms with Crippen LogP contribution in [0, 0.1) is 5.41 Å². The Labute approximate surface area is 165 Å². The molecule has 4 rings (SSSR count). The molecule has 1 unspecified atom stereocenters. The van der Waals surface area contributed by atoms with Gasteiger partial charge in [-0.25, -0.2) is 0 Å². The molecule has 5 nitrogen and oxygen atoms in total. The first kappa shape index (κ1) is 18.4. The van der Waals surface area contributed by atoms with Gasteiger partial charge in [0.25, 0.3) is 5.91 Å². The predicted octanol–water partition coefficient (Wildman–Crippen LogP) is 3.81. The number of hydrogen-bond donors (Lipinski definition) is 1. The molecule has 2 amide bonds. The van der Waals surface area contributed by atoms with Crippen LogP contribution in [0.15, 0.2) is 67.3 Å². The van der Waals surface area contributed by atoms with Gasteiger partial charge < -0.3 is 15.0 Å². The molecule has 0 aromatic heterocycles. The molecule has 2 saturated heterocycles. The lowest BCUT2D eigenvalue weighted by Crippen LogP contribution is -2.62. The summed E-state index contributed by atoms with van der Waals surface area (Å²) in [6.45, 7) is 5.70. The molecule has 2 heterocycles. The zero-order chi connectivity index (χ0) is 19.6. The molecule has 0 radical (unpaired) electrons. The molecule has 144 valence electrons. The fraction of sp³-hybridized carbons (Fsp3) is 0.304. The molecule has 1 spiro atoms. The van der Waals surface area contributed by atoms with Crippen molar-refractivity contribution < 1.29 is 14.3 Å². The molecule has 2 aromatic carbocycles. The van der Waals surface area contributed by atoms with Crippen molar-refractivity contribution in [2.45, 2.75) is 18.9 Å². The lowest BCUT2D eigenvalue weighted by Gasteiger charge is -2.59. The lowest BCUT2D eigenvalue weighted by atomic mass is 9.64. The van der Waals surface area contributed by atoms with Crippen molar-refractivity contribution in [3.8, 4) is 0 Å². The number of benzene rings is 2. The van der Waals surface area contributed by atoms with E-state index in [0.29, 0.717) is 11.3 Å². The van der Waals surface area contributed by atoms with E-state index in [1.54, 1.807) is 24.3 Å². The van der Waals surface area contributed by atoms with Crippen molar-refractivity contribution in [1.29, 1.82) is 0 Å². The maximum Gasteiger partial charge on any atom is 0.254 e. The molecule has 2 aromatic rings. The van der Waals surface area contributed by atoms with Crippen LogP contribution in [0.5, 0.6) is 0 Å². The highest BCUT2D eigenvalue weighted by Gasteiger charge is 2.55. The molecular formula is C23H24N2O3. The summed E-state index contributed by atoms with van der Waals surface area (Å²) in [5, 5.41) is 2.70. The van der Waals surface area contributed by atoms with E-state index in [0.717, 1.165) is 32.6 Å². The van der Waals surface area contributed by atoms with Crippen LogP contribution in [-0.2, 0) is 9.53 Å². The maximum atomic E-state index is 13.2. The first-order chi connectivity index (χ1) is 13.6. The van der Waals surface area contributed by atoms with E-state index in [-0.39, 0.29) is 23.3 Å². The number of carbonyl (C=O) groups excluding carboxylic acids is 2. The quantitative estimate of drug-likeness (QED) is 0.826. The van der Waals surface area contributed by atoms with Gasteiger partial charge in [-0.15, -0.1) is 0 Å². The Kier molecular flexibility index (Phi) is 5.01. The van der Waals surface area contributed by atoms with Crippen LogP contribution in [-0.4, -0.2) is 36.5 Å². The van der Waals surface area contributed by atoms with E-state index in [2.05, 4.69) is 24.0 Å². The lowest BCUT2D eigenvalue weighted by molar-refractivity contribution is -0.115. The zero-order valence-corrected chi connectivity index (χ0v) is 15.8. The molecule has 2 fully saturated rings. The molecule has 1 atom stereocenters. The largest absolute Gasteiger partial charge is 0.381 e. The number of amides is 2. The van der Waals surface area contributed by atoms with Gasteiger partial charge in [0, 0.05) is 36.4 Å². The Bertz CT molecular complexity index is 870. The van der Waals surface area contributed by atoms with Gasteiger partial charge in [0.05, 0.1) is 6.04 Å². The maximum absolute atomic E-state index is 13.2. The van der Waals surface area contributed by atoms with E-state index in [9.17, 15) is 9.59 Å². The average molecular weight is 376 g/mol. The molecule has 2 aliphatic rings. The van der Waals surface area contributed by atoms with Crippen LogP contribution in [0.2, 0.25) is 0 Å². The summed E-state index contributed by atoms with van der Waals surface area (Å²) in [4.78, 5) is 26.6. The van der Waals surface area contributed by atoms with Crippen LogP contribution >= 0.6 is 0 Å². The summed E-state index contributed by atoms with van der Waals surface area (Å²) < 4.78 is 5.57. The number of carbonyl (C=O) groups is 2. The molecule has 1 N–H and O–H groups in total. The number of anilines is 1. The van der Waals surface area contributed by atoms with Gasteiger partial charge in [0.2, 0.25) is 5.91 Å². The highest BCUT2D eigenvalue weighted by molar-refractivity contribution is 6.00. The Balaban J connectivity index is 1.56. The van der Waals surface area contributed by atoms with Crippen LogP contribution < -0.4 is 5.32 Å². The summed E-state index contributed by atoms with van der Waals surface area (Å²) in [6.07, 6.45) is 3.17. The van der Waals surface area contributed by atoms with Crippen molar-refractivity contribution in [3.63, 3.8) is 0 Å². The fourth-order valence-corrected chi connectivity index (χ4v) is 4.36. The van der Waals surface area contributed by atoms with E-state index in [4.69, 9.17) is 4.74 Å². The van der Waals surface area contributed by atoms with E-state index in [1.165, 1.54) is 11.6 Å². The SMILES string of the molecule is C=CC(=O)Nc1ccc(C(=O)N2CC3(CCOCC3)C2c2ccccc2)cc1. The zero-order valence-electron chi connectivity index (χ0n) is 15.8. The van der Waals surface area contributed by atoms with Crippen LogP contribution in [0.3, 0.4) is 0 Å². The van der Waals surface area contributed by atoms with E-state index < -0.39 is 0 Å². The first-order valence-corrected chi connectivity index (χ1v) is 9.60. The second-order valence-electron chi connectivity index (χ2n) is 7.49. The molecule has 28 heavy (non-hydrogen) atoms. The van der Waals surface area contributed by atoms with Gasteiger partial charge in [-0.2, -0.15) is 0 Å². The third kappa shape index (κ3) is 3.34. The van der Waals surface area contributed by atoms with Crippen LogP contribution in [0.4, 0.5) is 5.69 Å². The molecular weight excluding hydrogens is 352 g/mol. The van der Waals surface area contributed by atoms with Gasteiger partial charge in [-0.05, 0) is 48.7 Å². The summed E-state index contributed by atoms with van der Waals surface area (Å²) >= 11 is 0. The summed E-state index contributed by atoms with van der Waals surface area (Å²) in [5.41, 5.74) is 2.55. The van der Waals surface area contributed by atoms with E-state index in [1.807, 2.05) is 23.1 Å². The van der Waals surface area contributed by atoms with Gasteiger partial charge in [-0.1, -0.05) is 36.9 Å². The summed E-state index contributed by atoms with van der Waals surface area (Å²) in [6, 6.07) is 17.4. The van der Waals surface area contributed by atoms with Crippen molar-refractivity contribution >= 4 is 17.5 Å². The Hall–Kier alpha value is -2.92. The van der Waals surface area contributed by atoms with E-state index >= 15 is 0 Å². The normalized spacial score (nSPS) is 20.3. The molecule has 0 saturated carbocycles. The van der Waals surface area contributed by atoms with Crippen molar-refractivity contribution in [2.75, 3.05) is 25.1 Å². The summed E-state index contributed by atoms with van der Waals surface area (Å²) in [7, 11) is 0. The molecule has 5 heteroatoms. The topological polar surface area (TPSA) is 58.6 Å². The van der Waals surface area contributed by atoms with Gasteiger partial charge in [-0.3, -0.25) is 9.59 Å². The number of nitrogens with zero attached hydrogens (tertiary/aromatic N) is 1. The minimum atomic E-state index is -0.271. The molecule has 2 aliphatic heterocycles. The predicted molar refractivity (Wildman–Crippen MR) is 108 cm³/mol. The summed E-state index contributed by atoms with van der Waals surface area (Å²) in [5.74, 6) is -0.250. The fourth-order valence-electron chi connectivity index (χ4n) is 4.36. The van der Waals surface area contributed by atoms with Gasteiger partial charge in [0.1, 0.15) is 0 Å². The number of hydrogen-bond acceptors (Lipinski definition) is 3. The average Bonchev–Trinajstić information content (AvgIpc) is 2.73. The number of nitrogens with one attached hydrogen (secondary N) is 1. The minimum absolute atomic E-state index is 0.0209. The number of ether oxygens (including phenoxy) is 1. The van der Waals surface area contributed by atoms with Gasteiger partial charge >= 0.3 is 0 Å². The monoisotopic (exact) mass is 376 g/mol. The van der Waals surface area contributed by atoms with Gasteiger partial charge in [0.15, 0.2) is 0 Å². The Morgan fingerprint density at radius 2 is 1.75 bits per heavy atom. The minimum Gasteiger partial charge on any atom is -0.381 e. The first-order valence-electron chi connectivity index (χ1n) is 9.60. The third-order valence-electron chi connectivity index (χ3n) is 5.83.